The molecule has 0 amide bonds. The van der Waals surface area contributed by atoms with Gasteiger partial charge >= 0.3 is 0 Å². The molecule has 0 saturated carbocycles. The topological polar surface area (TPSA) is 89.8 Å². The fraction of sp³-hybridized carbons (Fsp3) is 0. The lowest BCUT2D eigenvalue weighted by Crippen LogP contribution is -1.99. The highest BCUT2D eigenvalue weighted by Gasteiger charge is 2.05. The average molecular weight is 254 g/mol. The smallest absolute Gasteiger partial charge is 0.237 e. The number of hydrogen-bond acceptors (Lipinski definition) is 5. The summed E-state index contributed by atoms with van der Waals surface area (Å²) in [5.74, 6) is -0.478. The monoisotopic (exact) mass is 254 g/mol. The second-order valence-electron chi connectivity index (χ2n) is 3.43. The maximum atomic E-state index is 13.8. The van der Waals surface area contributed by atoms with Crippen molar-refractivity contribution in [2.45, 2.75) is 0 Å². The number of aromatic nitrogens is 2. The first-order valence-corrected chi connectivity index (χ1v) is 5.16. The molecule has 7 heteroatoms. The zero-order valence-corrected chi connectivity index (χ0v) is 9.58. The molecule has 2 aromatic rings. The number of hydrogen-bond donors (Lipinski definition) is 1. The molecule has 0 aliphatic heterocycles. The summed E-state index contributed by atoms with van der Waals surface area (Å²) in [5, 5.41) is 20.5. The van der Waals surface area contributed by atoms with Gasteiger partial charge in [-0.2, -0.15) is 15.6 Å². The normalized spacial score (nSPS) is 9.21. The molecule has 0 atom stereocenters. The van der Waals surface area contributed by atoms with Crippen LogP contribution in [0.25, 0.3) is 5.69 Å². The van der Waals surface area contributed by atoms with Crippen molar-refractivity contribution in [1.29, 1.82) is 10.5 Å². The van der Waals surface area contributed by atoms with Crippen LogP contribution in [0.2, 0.25) is 0 Å². The molecule has 6 nitrogen and oxygen atoms in total. The molecule has 1 aromatic heterocycles. The van der Waals surface area contributed by atoms with Crippen molar-refractivity contribution in [3.05, 3.63) is 42.7 Å². The second kappa shape index (κ2) is 5.43. The predicted octanol–water partition coefficient (Wildman–Crippen LogP) is 1.83. The lowest BCUT2D eigenvalue weighted by molar-refractivity contribution is 0.618. The Morgan fingerprint density at radius 3 is 2.74 bits per heavy atom. The molecule has 1 heterocycles. The minimum atomic E-state index is -0.478. The minimum Gasteiger partial charge on any atom is -0.303 e. The van der Waals surface area contributed by atoms with Gasteiger partial charge < -0.3 is 4.57 Å². The van der Waals surface area contributed by atoms with Crippen molar-refractivity contribution in [1.82, 2.24) is 9.55 Å². The van der Waals surface area contributed by atoms with Crippen LogP contribution in [0.5, 0.6) is 0 Å². The molecule has 0 aliphatic rings. The number of nitriles is 2. The van der Waals surface area contributed by atoms with E-state index in [4.69, 9.17) is 10.5 Å². The highest BCUT2D eigenvalue weighted by molar-refractivity contribution is 6.10. The summed E-state index contributed by atoms with van der Waals surface area (Å²) in [7, 11) is 0. The van der Waals surface area contributed by atoms with Gasteiger partial charge in [0.15, 0.2) is 0 Å². The molecule has 19 heavy (non-hydrogen) atoms. The largest absolute Gasteiger partial charge is 0.303 e. The molecule has 0 bridgehead atoms. The van der Waals surface area contributed by atoms with Crippen molar-refractivity contribution in [3.8, 4) is 17.8 Å². The van der Waals surface area contributed by atoms with Gasteiger partial charge in [0.1, 0.15) is 18.0 Å². The minimum absolute atomic E-state index is 0.334. The molecule has 2 rings (SSSR count). The fourth-order valence-electron chi connectivity index (χ4n) is 1.38. The van der Waals surface area contributed by atoms with Gasteiger partial charge in [-0.15, -0.1) is 0 Å². The van der Waals surface area contributed by atoms with Crippen LogP contribution in [0.15, 0.2) is 42.0 Å². The van der Waals surface area contributed by atoms with Crippen molar-refractivity contribution in [2.24, 2.45) is 5.10 Å². The maximum Gasteiger partial charge on any atom is 0.237 e. The summed E-state index contributed by atoms with van der Waals surface area (Å²) >= 11 is 0. The molecular weight excluding hydrogens is 247 g/mol. The molecule has 0 unspecified atom stereocenters. The molecule has 0 saturated heterocycles. The second-order valence-corrected chi connectivity index (χ2v) is 3.43. The van der Waals surface area contributed by atoms with Crippen LogP contribution in [-0.4, -0.2) is 15.3 Å². The molecule has 0 spiro atoms. The van der Waals surface area contributed by atoms with Crippen molar-refractivity contribution < 1.29 is 4.39 Å². The van der Waals surface area contributed by atoms with Crippen LogP contribution in [-0.2, 0) is 0 Å². The molecule has 1 N–H and O–H groups in total. The third-order valence-electron chi connectivity index (χ3n) is 2.24. The summed E-state index contributed by atoms with van der Waals surface area (Å²) in [4.78, 5) is 3.83. The fourth-order valence-corrected chi connectivity index (χ4v) is 1.38. The van der Waals surface area contributed by atoms with Gasteiger partial charge in [-0.1, -0.05) is 0 Å². The maximum absolute atomic E-state index is 13.8. The Kier molecular flexibility index (Phi) is 3.51. The highest BCUT2D eigenvalue weighted by Crippen LogP contribution is 2.17. The third-order valence-corrected chi connectivity index (χ3v) is 2.24. The van der Waals surface area contributed by atoms with E-state index in [1.807, 2.05) is 0 Å². The van der Waals surface area contributed by atoms with E-state index >= 15 is 0 Å². The van der Waals surface area contributed by atoms with E-state index in [0.29, 0.717) is 11.4 Å². The number of imidazole rings is 1. The van der Waals surface area contributed by atoms with E-state index in [1.54, 1.807) is 30.6 Å². The van der Waals surface area contributed by atoms with Gasteiger partial charge in [-0.25, -0.2) is 9.37 Å². The van der Waals surface area contributed by atoms with Crippen LogP contribution in [0.3, 0.4) is 0 Å². The molecule has 0 aliphatic carbocycles. The van der Waals surface area contributed by atoms with Gasteiger partial charge in [-0.05, 0) is 12.1 Å². The Hall–Kier alpha value is -3.19. The first-order valence-electron chi connectivity index (χ1n) is 5.16. The van der Waals surface area contributed by atoms with Crippen LogP contribution in [0.4, 0.5) is 10.1 Å². The van der Waals surface area contributed by atoms with Crippen LogP contribution >= 0.6 is 0 Å². The SMILES string of the molecule is N#CC(C#N)=NNc1ccc(-n2ccnc2)c(F)c1. The Morgan fingerprint density at radius 2 is 2.16 bits per heavy atom. The van der Waals surface area contributed by atoms with Crippen LogP contribution in [0.1, 0.15) is 0 Å². The first kappa shape index (κ1) is 12.3. The quantitative estimate of drug-likeness (QED) is 0.668. The Morgan fingerprint density at radius 1 is 1.37 bits per heavy atom. The van der Waals surface area contributed by atoms with Gasteiger partial charge in [0.25, 0.3) is 0 Å². The van der Waals surface area contributed by atoms with Gasteiger partial charge in [-0.3, -0.25) is 5.43 Å². The van der Waals surface area contributed by atoms with Crippen molar-refractivity contribution >= 4 is 11.4 Å². The molecule has 1 aromatic carbocycles. The van der Waals surface area contributed by atoms with Crippen LogP contribution < -0.4 is 5.43 Å². The number of rotatable bonds is 3. The first-order chi connectivity index (χ1) is 9.24. The third kappa shape index (κ3) is 2.73. The van der Waals surface area contributed by atoms with Gasteiger partial charge in [0, 0.05) is 18.5 Å². The number of benzene rings is 1. The van der Waals surface area contributed by atoms with Gasteiger partial charge in [0.2, 0.25) is 5.71 Å². The zero-order valence-electron chi connectivity index (χ0n) is 9.58. The average Bonchev–Trinajstić information content (AvgIpc) is 2.94. The number of nitrogens with zero attached hydrogens (tertiary/aromatic N) is 5. The summed E-state index contributed by atoms with van der Waals surface area (Å²) in [6, 6.07) is 7.51. The Balaban J connectivity index is 2.24. The molecular formula is C12H7FN6. The highest BCUT2D eigenvalue weighted by atomic mass is 19.1. The van der Waals surface area contributed by atoms with E-state index in [0.717, 1.165) is 0 Å². The summed E-state index contributed by atoms with van der Waals surface area (Å²) < 4.78 is 15.4. The van der Waals surface area contributed by atoms with Crippen molar-refractivity contribution in [3.63, 3.8) is 0 Å². The molecule has 0 radical (unpaired) electrons. The lowest BCUT2D eigenvalue weighted by Gasteiger charge is -2.06. The number of anilines is 1. The zero-order chi connectivity index (χ0) is 13.7. The summed E-state index contributed by atoms with van der Waals surface area (Å²) in [5.41, 5.74) is 2.78. The predicted molar refractivity (Wildman–Crippen MR) is 65.8 cm³/mol. The molecule has 0 fully saturated rings. The number of hydrazone groups is 1. The van der Waals surface area contributed by atoms with Crippen LogP contribution in [0, 0.1) is 28.5 Å². The summed E-state index contributed by atoms with van der Waals surface area (Å²) in [6.07, 6.45) is 4.64. The van der Waals surface area contributed by atoms with E-state index in [1.165, 1.54) is 23.0 Å². The standard InChI is InChI=1S/C12H7FN6/c13-11-5-9(17-18-10(6-14)7-15)1-2-12(11)19-4-3-16-8-19/h1-5,8,17H. The number of halogens is 1. The summed E-state index contributed by atoms with van der Waals surface area (Å²) in [6.45, 7) is 0. The van der Waals surface area contributed by atoms with E-state index in [-0.39, 0.29) is 5.71 Å². The van der Waals surface area contributed by atoms with E-state index in [2.05, 4.69) is 15.5 Å². The Bertz CT molecular complexity index is 674. The molecule has 92 valence electrons. The van der Waals surface area contributed by atoms with E-state index in [9.17, 15) is 4.39 Å². The van der Waals surface area contributed by atoms with Crippen molar-refractivity contribution in [2.75, 3.05) is 5.43 Å². The van der Waals surface area contributed by atoms with E-state index < -0.39 is 5.82 Å². The lowest BCUT2D eigenvalue weighted by atomic mass is 10.2. The van der Waals surface area contributed by atoms with Gasteiger partial charge in [0.05, 0.1) is 17.7 Å². The number of nitrogens with one attached hydrogen (secondary N) is 1. The Labute approximate surface area is 108 Å².